The van der Waals surface area contributed by atoms with Gasteiger partial charge in [-0.25, -0.2) is 4.99 Å². The lowest BCUT2D eigenvalue weighted by Crippen LogP contribution is -2.52. The molecule has 0 radical (unpaired) electrons. The molecule has 2 aromatic rings. The number of carbonyl (C=O) groups excluding carboxylic acids is 1. The summed E-state index contributed by atoms with van der Waals surface area (Å²) >= 11 is 6.14. The molecule has 0 saturated carbocycles. The topological polar surface area (TPSA) is 69.2 Å². The summed E-state index contributed by atoms with van der Waals surface area (Å²) in [4.78, 5) is 20.9. The number of nitrogens with one attached hydrogen (secondary N) is 2. The van der Waals surface area contributed by atoms with Crippen LogP contribution in [0.5, 0.6) is 5.75 Å². The number of carbonyl (C=O) groups is 1. The molecule has 0 atom stereocenters. The van der Waals surface area contributed by atoms with Gasteiger partial charge in [-0.1, -0.05) is 23.7 Å². The Morgan fingerprint density at radius 1 is 1.16 bits per heavy atom. The fourth-order valence-corrected chi connectivity index (χ4v) is 3.77. The summed E-state index contributed by atoms with van der Waals surface area (Å²) in [6.45, 7) is 8.41. The number of rotatable bonds is 6. The number of benzene rings is 2. The van der Waals surface area contributed by atoms with E-state index in [1.165, 1.54) is 6.92 Å². The van der Waals surface area contributed by atoms with E-state index in [0.717, 1.165) is 55.0 Å². The fraction of sp³-hybridized carbons (Fsp3) is 0.391. The van der Waals surface area contributed by atoms with Crippen molar-refractivity contribution in [3.05, 3.63) is 53.1 Å². The van der Waals surface area contributed by atoms with Crippen molar-refractivity contribution in [2.24, 2.45) is 4.99 Å². The zero-order chi connectivity index (χ0) is 22.2. The highest BCUT2D eigenvalue weighted by atomic mass is 35.5. The molecule has 8 heteroatoms. The molecule has 0 bridgehead atoms. The van der Waals surface area contributed by atoms with Gasteiger partial charge < -0.3 is 25.2 Å². The molecule has 1 fully saturated rings. The van der Waals surface area contributed by atoms with Crippen molar-refractivity contribution in [3.63, 3.8) is 0 Å². The van der Waals surface area contributed by atoms with E-state index in [0.29, 0.717) is 18.0 Å². The van der Waals surface area contributed by atoms with Crippen LogP contribution in [0.25, 0.3) is 0 Å². The first-order valence-corrected chi connectivity index (χ1v) is 10.9. The summed E-state index contributed by atoms with van der Waals surface area (Å²) in [5.41, 5.74) is 2.80. The van der Waals surface area contributed by atoms with Crippen molar-refractivity contribution >= 4 is 34.8 Å². The van der Waals surface area contributed by atoms with Gasteiger partial charge in [-0.15, -0.1) is 0 Å². The van der Waals surface area contributed by atoms with E-state index in [2.05, 4.69) is 33.4 Å². The van der Waals surface area contributed by atoms with Crippen LogP contribution in [0, 0.1) is 0 Å². The molecular weight excluding hydrogens is 414 g/mol. The fourth-order valence-electron chi connectivity index (χ4n) is 3.58. The molecule has 2 N–H and O–H groups in total. The predicted molar refractivity (Wildman–Crippen MR) is 127 cm³/mol. The molecular formula is C23H30ClN5O2. The number of halogens is 1. The Kier molecular flexibility index (Phi) is 8.00. The van der Waals surface area contributed by atoms with E-state index in [1.54, 1.807) is 7.11 Å². The lowest BCUT2D eigenvalue weighted by Gasteiger charge is -2.37. The number of piperazine rings is 1. The van der Waals surface area contributed by atoms with Crippen LogP contribution in [0.3, 0.4) is 0 Å². The Morgan fingerprint density at radius 2 is 1.94 bits per heavy atom. The average molecular weight is 444 g/mol. The number of aliphatic imine (C=N–C) groups is 1. The van der Waals surface area contributed by atoms with Gasteiger partial charge in [0.15, 0.2) is 5.96 Å². The first-order chi connectivity index (χ1) is 15.0. The van der Waals surface area contributed by atoms with Gasteiger partial charge in [0.05, 0.1) is 19.3 Å². The van der Waals surface area contributed by atoms with Gasteiger partial charge in [0.25, 0.3) is 0 Å². The van der Waals surface area contributed by atoms with Gasteiger partial charge in [-0.2, -0.15) is 0 Å². The highest BCUT2D eigenvalue weighted by molar-refractivity contribution is 6.30. The smallest absolute Gasteiger partial charge is 0.221 e. The SMILES string of the molecule is CCNC(=NCc1ccc(OC)c(NC(C)=O)c1)N1CCN(c2cccc(Cl)c2)CC1. The molecule has 0 spiro atoms. The molecule has 0 aliphatic carbocycles. The van der Waals surface area contributed by atoms with E-state index in [4.69, 9.17) is 21.3 Å². The van der Waals surface area contributed by atoms with E-state index in [9.17, 15) is 4.79 Å². The molecule has 2 aromatic carbocycles. The Balaban J connectivity index is 1.67. The average Bonchev–Trinajstić information content (AvgIpc) is 2.76. The van der Waals surface area contributed by atoms with E-state index >= 15 is 0 Å². The molecule has 1 aliphatic heterocycles. The maximum atomic E-state index is 11.5. The van der Waals surface area contributed by atoms with Gasteiger partial charge in [0.1, 0.15) is 5.75 Å². The zero-order valence-corrected chi connectivity index (χ0v) is 19.1. The molecule has 31 heavy (non-hydrogen) atoms. The minimum Gasteiger partial charge on any atom is -0.495 e. The van der Waals surface area contributed by atoms with Gasteiger partial charge >= 0.3 is 0 Å². The first-order valence-electron chi connectivity index (χ1n) is 10.5. The standard InChI is InChI=1S/C23H30ClN5O2/c1-4-25-23(26-16-18-8-9-22(31-3)21(14-18)27-17(2)30)29-12-10-28(11-13-29)20-7-5-6-19(24)15-20/h5-9,14-15H,4,10-13,16H2,1-3H3,(H,25,26)(H,27,30). The van der Waals surface area contributed by atoms with Crippen LogP contribution in [0.2, 0.25) is 5.02 Å². The molecule has 1 amide bonds. The number of methoxy groups -OCH3 is 1. The third kappa shape index (κ3) is 6.28. The molecule has 7 nitrogen and oxygen atoms in total. The summed E-state index contributed by atoms with van der Waals surface area (Å²) in [5, 5.41) is 6.97. The first kappa shape index (κ1) is 22.7. The van der Waals surface area contributed by atoms with Crippen LogP contribution in [0.4, 0.5) is 11.4 Å². The monoisotopic (exact) mass is 443 g/mol. The van der Waals surface area contributed by atoms with Crippen molar-refractivity contribution in [1.29, 1.82) is 0 Å². The van der Waals surface area contributed by atoms with Crippen LogP contribution < -0.4 is 20.3 Å². The number of amides is 1. The Morgan fingerprint density at radius 3 is 2.58 bits per heavy atom. The number of ether oxygens (including phenoxy) is 1. The summed E-state index contributed by atoms with van der Waals surface area (Å²) in [5.74, 6) is 1.39. The van der Waals surface area contributed by atoms with Crippen LogP contribution >= 0.6 is 11.6 Å². The third-order valence-corrected chi connectivity index (χ3v) is 5.31. The van der Waals surface area contributed by atoms with Crippen molar-refractivity contribution in [1.82, 2.24) is 10.2 Å². The molecule has 0 aromatic heterocycles. The lowest BCUT2D eigenvalue weighted by molar-refractivity contribution is -0.114. The summed E-state index contributed by atoms with van der Waals surface area (Å²) in [6.07, 6.45) is 0. The maximum Gasteiger partial charge on any atom is 0.221 e. The highest BCUT2D eigenvalue weighted by Gasteiger charge is 2.20. The summed E-state index contributed by atoms with van der Waals surface area (Å²) < 4.78 is 5.33. The van der Waals surface area contributed by atoms with Crippen LogP contribution in [-0.2, 0) is 11.3 Å². The van der Waals surface area contributed by atoms with E-state index in [-0.39, 0.29) is 5.91 Å². The highest BCUT2D eigenvalue weighted by Crippen LogP contribution is 2.26. The van der Waals surface area contributed by atoms with E-state index < -0.39 is 0 Å². The second-order valence-electron chi connectivity index (χ2n) is 7.34. The molecule has 166 valence electrons. The molecule has 0 unspecified atom stereocenters. The van der Waals surface area contributed by atoms with Gasteiger partial charge in [0.2, 0.25) is 5.91 Å². The zero-order valence-electron chi connectivity index (χ0n) is 18.3. The lowest BCUT2D eigenvalue weighted by atomic mass is 10.2. The summed E-state index contributed by atoms with van der Waals surface area (Å²) in [6, 6.07) is 13.7. The second-order valence-corrected chi connectivity index (χ2v) is 7.78. The van der Waals surface area contributed by atoms with Crippen molar-refractivity contribution in [3.8, 4) is 5.75 Å². The summed E-state index contributed by atoms with van der Waals surface area (Å²) in [7, 11) is 1.59. The molecule has 3 rings (SSSR count). The van der Waals surface area contributed by atoms with Crippen LogP contribution in [0.15, 0.2) is 47.5 Å². The third-order valence-electron chi connectivity index (χ3n) is 5.07. The van der Waals surface area contributed by atoms with Crippen molar-refractivity contribution < 1.29 is 9.53 Å². The predicted octanol–water partition coefficient (Wildman–Crippen LogP) is 3.59. The number of anilines is 2. The minimum atomic E-state index is -0.134. The Bertz CT molecular complexity index is 926. The number of guanidine groups is 1. The number of hydrogen-bond acceptors (Lipinski definition) is 4. The van der Waals surface area contributed by atoms with Gasteiger partial charge in [-0.05, 0) is 42.8 Å². The van der Waals surface area contributed by atoms with Crippen LogP contribution in [-0.4, -0.2) is 56.6 Å². The second kappa shape index (κ2) is 10.9. The molecule has 1 aliphatic rings. The van der Waals surface area contributed by atoms with Crippen molar-refractivity contribution in [2.75, 3.05) is 50.1 Å². The normalized spacial score (nSPS) is 14.4. The molecule has 1 heterocycles. The largest absolute Gasteiger partial charge is 0.495 e. The Hall–Kier alpha value is -2.93. The number of hydrogen-bond donors (Lipinski definition) is 2. The maximum absolute atomic E-state index is 11.5. The van der Waals surface area contributed by atoms with Gasteiger partial charge in [0, 0.05) is 50.4 Å². The quantitative estimate of drug-likeness (QED) is 0.527. The van der Waals surface area contributed by atoms with Gasteiger partial charge in [-0.3, -0.25) is 4.79 Å². The van der Waals surface area contributed by atoms with E-state index in [1.807, 2.05) is 36.4 Å². The number of nitrogens with zero attached hydrogens (tertiary/aromatic N) is 3. The Labute approximate surface area is 189 Å². The van der Waals surface area contributed by atoms with Crippen LogP contribution in [0.1, 0.15) is 19.4 Å². The minimum absolute atomic E-state index is 0.134. The van der Waals surface area contributed by atoms with Crippen molar-refractivity contribution in [2.45, 2.75) is 20.4 Å². The molecule has 1 saturated heterocycles.